The van der Waals surface area contributed by atoms with Gasteiger partial charge in [-0.2, -0.15) is 0 Å². The van der Waals surface area contributed by atoms with Crippen LogP contribution in [0.4, 0.5) is 5.69 Å². The Morgan fingerprint density at radius 1 is 1.35 bits per heavy atom. The smallest absolute Gasteiger partial charge is 0.105 e. The second-order valence-electron chi connectivity index (χ2n) is 4.03. The SMILES string of the molecule is Cc1cccc(NCCn2ccnc2C)c1Br. The summed E-state index contributed by atoms with van der Waals surface area (Å²) in [6.45, 7) is 5.92. The first kappa shape index (κ1) is 12.2. The third-order valence-electron chi connectivity index (χ3n) is 2.78. The topological polar surface area (TPSA) is 29.9 Å². The van der Waals surface area contributed by atoms with Gasteiger partial charge in [0.05, 0.1) is 0 Å². The Morgan fingerprint density at radius 2 is 2.18 bits per heavy atom. The van der Waals surface area contributed by atoms with E-state index in [4.69, 9.17) is 0 Å². The van der Waals surface area contributed by atoms with Crippen molar-refractivity contribution in [2.75, 3.05) is 11.9 Å². The standard InChI is InChI=1S/C13H16BrN3/c1-10-4-3-5-12(13(10)14)16-7-9-17-8-6-15-11(17)2/h3-6,8,16H,7,9H2,1-2H3. The highest BCUT2D eigenvalue weighted by atomic mass is 79.9. The normalized spacial score (nSPS) is 10.5. The Labute approximate surface area is 110 Å². The van der Waals surface area contributed by atoms with E-state index >= 15 is 0 Å². The van der Waals surface area contributed by atoms with E-state index in [-0.39, 0.29) is 0 Å². The summed E-state index contributed by atoms with van der Waals surface area (Å²) in [5.41, 5.74) is 2.39. The summed E-state index contributed by atoms with van der Waals surface area (Å²) in [5.74, 6) is 1.05. The maximum atomic E-state index is 4.20. The largest absolute Gasteiger partial charge is 0.382 e. The van der Waals surface area contributed by atoms with Crippen LogP contribution in [-0.4, -0.2) is 16.1 Å². The fraction of sp³-hybridized carbons (Fsp3) is 0.308. The Balaban J connectivity index is 1.95. The number of anilines is 1. The second kappa shape index (κ2) is 5.36. The van der Waals surface area contributed by atoms with E-state index in [1.807, 2.05) is 19.3 Å². The van der Waals surface area contributed by atoms with Crippen LogP contribution in [0.3, 0.4) is 0 Å². The number of hydrogen-bond acceptors (Lipinski definition) is 2. The molecule has 1 N–H and O–H groups in total. The van der Waals surface area contributed by atoms with Gasteiger partial charge >= 0.3 is 0 Å². The zero-order valence-electron chi connectivity index (χ0n) is 10.1. The molecular weight excluding hydrogens is 278 g/mol. The minimum Gasteiger partial charge on any atom is -0.382 e. The van der Waals surface area contributed by atoms with Crippen LogP contribution >= 0.6 is 15.9 Å². The van der Waals surface area contributed by atoms with E-state index in [1.165, 1.54) is 5.56 Å². The number of hydrogen-bond donors (Lipinski definition) is 1. The predicted octanol–water partition coefficient (Wildman–Crippen LogP) is 3.37. The van der Waals surface area contributed by atoms with Gasteiger partial charge in [-0.1, -0.05) is 12.1 Å². The lowest BCUT2D eigenvalue weighted by molar-refractivity contribution is 0.701. The van der Waals surface area contributed by atoms with Crippen molar-refractivity contribution in [1.29, 1.82) is 0 Å². The fourth-order valence-corrected chi connectivity index (χ4v) is 2.14. The first-order valence-corrected chi connectivity index (χ1v) is 6.44. The van der Waals surface area contributed by atoms with E-state index in [9.17, 15) is 0 Å². The molecule has 0 aliphatic heterocycles. The molecule has 0 radical (unpaired) electrons. The summed E-state index contributed by atoms with van der Waals surface area (Å²) >= 11 is 3.59. The van der Waals surface area contributed by atoms with Crippen LogP contribution in [0.5, 0.6) is 0 Å². The van der Waals surface area contributed by atoms with E-state index < -0.39 is 0 Å². The van der Waals surface area contributed by atoms with E-state index in [1.54, 1.807) is 0 Å². The maximum absolute atomic E-state index is 4.20. The number of benzene rings is 1. The molecule has 1 aromatic heterocycles. The zero-order chi connectivity index (χ0) is 12.3. The molecule has 0 spiro atoms. The summed E-state index contributed by atoms with van der Waals surface area (Å²) in [6, 6.07) is 6.23. The number of imidazole rings is 1. The van der Waals surface area contributed by atoms with Crippen LogP contribution in [-0.2, 0) is 6.54 Å². The lowest BCUT2D eigenvalue weighted by atomic mass is 10.2. The molecule has 1 aromatic carbocycles. The molecule has 4 heteroatoms. The fourth-order valence-electron chi connectivity index (χ4n) is 1.74. The first-order valence-electron chi connectivity index (χ1n) is 5.65. The third-order valence-corrected chi connectivity index (χ3v) is 3.84. The number of nitrogens with one attached hydrogen (secondary N) is 1. The molecule has 0 fully saturated rings. The third kappa shape index (κ3) is 2.88. The predicted molar refractivity (Wildman–Crippen MR) is 74.3 cm³/mol. The van der Waals surface area contributed by atoms with Gasteiger partial charge in [-0.15, -0.1) is 0 Å². The van der Waals surface area contributed by atoms with Crippen molar-refractivity contribution in [2.24, 2.45) is 0 Å². The molecule has 0 amide bonds. The van der Waals surface area contributed by atoms with Crippen molar-refractivity contribution in [2.45, 2.75) is 20.4 Å². The van der Waals surface area contributed by atoms with Gasteiger partial charge < -0.3 is 9.88 Å². The molecule has 0 saturated heterocycles. The summed E-state index contributed by atoms with van der Waals surface area (Å²) in [7, 11) is 0. The number of halogens is 1. The molecule has 0 unspecified atom stereocenters. The minimum atomic E-state index is 0.888. The molecule has 0 saturated carbocycles. The van der Waals surface area contributed by atoms with Crippen LogP contribution in [0.25, 0.3) is 0 Å². The Morgan fingerprint density at radius 3 is 2.88 bits per heavy atom. The monoisotopic (exact) mass is 293 g/mol. The summed E-state index contributed by atoms with van der Waals surface area (Å²) < 4.78 is 3.28. The van der Waals surface area contributed by atoms with Crippen molar-refractivity contribution in [1.82, 2.24) is 9.55 Å². The first-order chi connectivity index (χ1) is 8.18. The Hall–Kier alpha value is -1.29. The number of nitrogens with zero attached hydrogens (tertiary/aromatic N) is 2. The van der Waals surface area contributed by atoms with Crippen molar-refractivity contribution in [3.8, 4) is 0 Å². The Kier molecular flexibility index (Phi) is 3.84. The average Bonchev–Trinajstić information content (AvgIpc) is 2.71. The van der Waals surface area contributed by atoms with E-state index in [0.717, 1.165) is 29.1 Å². The molecule has 17 heavy (non-hydrogen) atoms. The van der Waals surface area contributed by atoms with Gasteiger partial charge in [0.15, 0.2) is 0 Å². The van der Waals surface area contributed by atoms with E-state index in [0.29, 0.717) is 0 Å². The number of rotatable bonds is 4. The lowest BCUT2D eigenvalue weighted by Gasteiger charge is -2.11. The number of aromatic nitrogens is 2. The van der Waals surface area contributed by atoms with Gasteiger partial charge in [-0.25, -0.2) is 4.98 Å². The Bertz CT molecular complexity index is 505. The quantitative estimate of drug-likeness (QED) is 0.937. The van der Waals surface area contributed by atoms with Gasteiger partial charge in [-0.05, 0) is 41.4 Å². The molecule has 0 atom stereocenters. The van der Waals surface area contributed by atoms with Crippen LogP contribution < -0.4 is 5.32 Å². The zero-order valence-corrected chi connectivity index (χ0v) is 11.7. The highest BCUT2D eigenvalue weighted by Gasteiger charge is 2.01. The van der Waals surface area contributed by atoms with Crippen LogP contribution in [0.1, 0.15) is 11.4 Å². The highest BCUT2D eigenvalue weighted by Crippen LogP contribution is 2.25. The second-order valence-corrected chi connectivity index (χ2v) is 4.82. The maximum Gasteiger partial charge on any atom is 0.105 e. The van der Waals surface area contributed by atoms with Gasteiger partial charge in [0.2, 0.25) is 0 Å². The molecule has 1 heterocycles. The molecule has 90 valence electrons. The van der Waals surface area contributed by atoms with Crippen molar-refractivity contribution in [3.05, 3.63) is 46.5 Å². The summed E-state index contributed by atoms with van der Waals surface area (Å²) in [6.07, 6.45) is 3.83. The van der Waals surface area contributed by atoms with Gasteiger partial charge in [0.1, 0.15) is 5.82 Å². The molecule has 3 nitrogen and oxygen atoms in total. The van der Waals surface area contributed by atoms with Crippen LogP contribution in [0.2, 0.25) is 0 Å². The van der Waals surface area contributed by atoms with E-state index in [2.05, 4.69) is 55.9 Å². The summed E-state index contributed by atoms with van der Waals surface area (Å²) in [4.78, 5) is 4.20. The molecule has 0 aliphatic carbocycles. The average molecular weight is 294 g/mol. The molecule has 0 aliphatic rings. The van der Waals surface area contributed by atoms with Crippen molar-refractivity contribution in [3.63, 3.8) is 0 Å². The van der Waals surface area contributed by atoms with Gasteiger partial charge in [-0.3, -0.25) is 0 Å². The minimum absolute atomic E-state index is 0.888. The molecule has 0 bridgehead atoms. The summed E-state index contributed by atoms with van der Waals surface area (Å²) in [5, 5.41) is 3.42. The van der Waals surface area contributed by atoms with Crippen molar-refractivity contribution >= 4 is 21.6 Å². The van der Waals surface area contributed by atoms with Crippen molar-refractivity contribution < 1.29 is 0 Å². The highest BCUT2D eigenvalue weighted by molar-refractivity contribution is 9.10. The number of aryl methyl sites for hydroxylation is 2. The van der Waals surface area contributed by atoms with Crippen LogP contribution in [0, 0.1) is 13.8 Å². The molecule has 2 aromatic rings. The lowest BCUT2D eigenvalue weighted by Crippen LogP contribution is -2.11. The molecule has 2 rings (SSSR count). The molecular formula is C13H16BrN3. The van der Waals surface area contributed by atoms with Crippen LogP contribution in [0.15, 0.2) is 35.1 Å². The van der Waals surface area contributed by atoms with Gasteiger partial charge in [0.25, 0.3) is 0 Å². The van der Waals surface area contributed by atoms with Gasteiger partial charge in [0, 0.05) is 35.6 Å².